The SMILES string of the molecule is Cc1cc2c3c(c1)N(c1ccc(C(C)(C)C)cc1-c1ccccc1)c1c(sc4ccc(C)cc14)B3c1cc3c(cc1N2c1ccc(C(C)(C)C)cc1)C(C)(C)CCC3(C)C. The molecule has 0 saturated heterocycles. The van der Waals surface area contributed by atoms with Crippen LogP contribution in [0, 0.1) is 13.8 Å². The quantitative estimate of drug-likeness (QED) is 0.164. The van der Waals surface area contributed by atoms with Crippen molar-refractivity contribution in [2.75, 3.05) is 9.80 Å². The van der Waals surface area contributed by atoms with Gasteiger partial charge in [-0.05, 0) is 147 Å². The van der Waals surface area contributed by atoms with Crippen LogP contribution in [0.1, 0.15) is 115 Å². The van der Waals surface area contributed by atoms with Crippen LogP contribution in [0.25, 0.3) is 21.2 Å². The van der Waals surface area contributed by atoms with Gasteiger partial charge in [0.05, 0.1) is 11.4 Å². The highest BCUT2D eigenvalue weighted by Gasteiger charge is 2.48. The van der Waals surface area contributed by atoms with Gasteiger partial charge in [0.2, 0.25) is 0 Å². The van der Waals surface area contributed by atoms with E-state index in [2.05, 4.69) is 208 Å². The summed E-state index contributed by atoms with van der Waals surface area (Å²) in [6.45, 7) is 28.4. The lowest BCUT2D eigenvalue weighted by Crippen LogP contribution is -2.61. The Hall–Kier alpha value is -5.06. The monoisotopic (exact) mass is 802 g/mol. The Kier molecular flexibility index (Phi) is 8.62. The molecule has 1 aromatic heterocycles. The van der Waals surface area contributed by atoms with Crippen molar-refractivity contribution in [3.63, 3.8) is 0 Å². The second-order valence-corrected chi connectivity index (χ2v) is 22.6. The fourth-order valence-electron chi connectivity index (χ4n) is 10.5. The number of rotatable bonds is 3. The Labute approximate surface area is 363 Å². The molecule has 0 amide bonds. The Morgan fingerprint density at radius 1 is 0.567 bits per heavy atom. The van der Waals surface area contributed by atoms with Crippen molar-refractivity contribution in [3.05, 3.63) is 149 Å². The van der Waals surface area contributed by atoms with Crippen molar-refractivity contribution in [1.82, 2.24) is 0 Å². The lowest BCUT2D eigenvalue weighted by Gasteiger charge is -2.47. The molecule has 0 atom stereocenters. The van der Waals surface area contributed by atoms with Gasteiger partial charge in [-0.3, -0.25) is 0 Å². The van der Waals surface area contributed by atoms with Gasteiger partial charge in [0.1, 0.15) is 0 Å². The molecule has 1 aliphatic carbocycles. The zero-order valence-corrected chi connectivity index (χ0v) is 38.6. The summed E-state index contributed by atoms with van der Waals surface area (Å²) in [6, 6.07) is 45.1. The fourth-order valence-corrected chi connectivity index (χ4v) is 11.8. The molecule has 2 aliphatic heterocycles. The molecule has 0 N–H and O–H groups in total. The van der Waals surface area contributed by atoms with Crippen LogP contribution >= 0.6 is 11.3 Å². The number of hydrogen-bond donors (Lipinski definition) is 0. The van der Waals surface area contributed by atoms with Crippen molar-refractivity contribution in [1.29, 1.82) is 0 Å². The summed E-state index contributed by atoms with van der Waals surface area (Å²) in [7, 11) is 0. The van der Waals surface area contributed by atoms with E-state index in [1.807, 2.05) is 11.3 Å². The molecule has 7 aromatic rings. The van der Waals surface area contributed by atoms with Crippen LogP contribution in [0.2, 0.25) is 0 Å². The molecule has 3 heterocycles. The van der Waals surface area contributed by atoms with Crippen molar-refractivity contribution in [2.24, 2.45) is 0 Å². The van der Waals surface area contributed by atoms with Crippen LogP contribution in [-0.2, 0) is 21.7 Å². The number of anilines is 6. The number of nitrogens with zero attached hydrogens (tertiary/aromatic N) is 2. The molecule has 2 nitrogen and oxygen atoms in total. The maximum absolute atomic E-state index is 2.67. The highest BCUT2D eigenvalue weighted by molar-refractivity contribution is 7.33. The summed E-state index contributed by atoms with van der Waals surface area (Å²) in [5.41, 5.74) is 21.5. The van der Waals surface area contributed by atoms with Crippen LogP contribution in [0.3, 0.4) is 0 Å². The van der Waals surface area contributed by atoms with E-state index in [0.29, 0.717) is 0 Å². The van der Waals surface area contributed by atoms with Gasteiger partial charge in [0, 0.05) is 43.2 Å². The Morgan fingerprint density at radius 2 is 1.18 bits per heavy atom. The maximum atomic E-state index is 2.67. The summed E-state index contributed by atoms with van der Waals surface area (Å²) in [6.07, 6.45) is 2.37. The highest BCUT2D eigenvalue weighted by Crippen LogP contribution is 2.53. The van der Waals surface area contributed by atoms with E-state index < -0.39 is 0 Å². The molecule has 0 bridgehead atoms. The molecule has 0 spiro atoms. The van der Waals surface area contributed by atoms with Crippen LogP contribution in [0.4, 0.5) is 34.1 Å². The maximum Gasteiger partial charge on any atom is 0.264 e. The van der Waals surface area contributed by atoms with Crippen LogP contribution in [0.15, 0.2) is 115 Å². The predicted molar refractivity (Wildman–Crippen MR) is 263 cm³/mol. The van der Waals surface area contributed by atoms with Gasteiger partial charge < -0.3 is 9.80 Å². The molecule has 0 unspecified atom stereocenters. The molecular formula is C56H59BN2S. The van der Waals surface area contributed by atoms with Gasteiger partial charge in [-0.15, -0.1) is 11.3 Å². The normalized spacial score (nSPS) is 16.4. The molecule has 10 rings (SSSR count). The smallest absolute Gasteiger partial charge is 0.264 e. The molecule has 60 heavy (non-hydrogen) atoms. The average molecular weight is 803 g/mol. The molecule has 3 aliphatic rings. The van der Waals surface area contributed by atoms with Crippen LogP contribution < -0.4 is 25.5 Å². The largest absolute Gasteiger partial charge is 0.311 e. The summed E-state index contributed by atoms with van der Waals surface area (Å²) in [5, 5.41) is 1.34. The number of hydrogen-bond acceptors (Lipinski definition) is 3. The molecular weight excluding hydrogens is 744 g/mol. The molecule has 302 valence electrons. The molecule has 6 aromatic carbocycles. The van der Waals surface area contributed by atoms with Gasteiger partial charge in [0.25, 0.3) is 6.71 Å². The Morgan fingerprint density at radius 3 is 1.83 bits per heavy atom. The number of aryl methyl sites for hydroxylation is 2. The van der Waals surface area contributed by atoms with Gasteiger partial charge in [0.15, 0.2) is 0 Å². The molecule has 0 radical (unpaired) electrons. The third-order valence-corrected chi connectivity index (χ3v) is 15.3. The first-order chi connectivity index (χ1) is 28.3. The number of benzene rings is 6. The van der Waals surface area contributed by atoms with Gasteiger partial charge >= 0.3 is 0 Å². The second kappa shape index (κ2) is 13.2. The van der Waals surface area contributed by atoms with E-state index in [1.165, 1.54) is 117 Å². The van der Waals surface area contributed by atoms with Gasteiger partial charge in [-0.25, -0.2) is 0 Å². The summed E-state index contributed by atoms with van der Waals surface area (Å²) in [4.78, 5) is 5.30. The van der Waals surface area contributed by atoms with E-state index in [1.54, 1.807) is 0 Å². The van der Waals surface area contributed by atoms with Gasteiger partial charge in [-0.2, -0.15) is 0 Å². The van der Waals surface area contributed by atoms with E-state index in [-0.39, 0.29) is 28.4 Å². The minimum absolute atomic E-state index is 0.00311. The van der Waals surface area contributed by atoms with E-state index in [9.17, 15) is 0 Å². The van der Waals surface area contributed by atoms with E-state index in [4.69, 9.17) is 0 Å². The highest BCUT2D eigenvalue weighted by atomic mass is 32.1. The molecule has 0 fully saturated rings. The zero-order valence-electron chi connectivity index (χ0n) is 37.8. The third kappa shape index (κ3) is 6.03. The molecule has 0 saturated carbocycles. The lowest BCUT2D eigenvalue weighted by atomic mass is 9.35. The Bertz CT molecular complexity index is 2860. The first kappa shape index (κ1) is 39.1. The summed E-state index contributed by atoms with van der Waals surface area (Å²) < 4.78 is 2.78. The first-order valence-corrected chi connectivity index (χ1v) is 22.9. The van der Waals surface area contributed by atoms with E-state index in [0.717, 1.165) is 0 Å². The van der Waals surface area contributed by atoms with Gasteiger partial charge in [-0.1, -0.05) is 135 Å². The standard InChI is InChI=1S/C56H59BN2S/c1-34-18-25-49-41(28-34)51-52(60-49)57-44-32-42-43(56(11,12)27-26-55(42,9)10)33-46(44)58(39-22-19-37(20-23-39)53(3,4)5)47-29-35(2)30-48(50(47)57)59(51)45-24-21-38(54(6,7)8)31-40(45)36-16-14-13-15-17-36/h13-25,28-33H,26-27H2,1-12H3. The first-order valence-electron chi connectivity index (χ1n) is 22.1. The zero-order chi connectivity index (χ0) is 42.3. The van der Waals surface area contributed by atoms with Crippen molar-refractivity contribution < 1.29 is 0 Å². The van der Waals surface area contributed by atoms with E-state index >= 15 is 0 Å². The van der Waals surface area contributed by atoms with Crippen molar-refractivity contribution in [3.8, 4) is 11.1 Å². The number of fused-ring (bicyclic) bond motifs is 7. The predicted octanol–water partition coefficient (Wildman–Crippen LogP) is 14.2. The fraction of sp³-hybridized carbons (Fsp3) is 0.321. The molecule has 4 heteroatoms. The summed E-state index contributed by atoms with van der Waals surface area (Å²) in [5.74, 6) is 0. The summed E-state index contributed by atoms with van der Waals surface area (Å²) >= 11 is 2.00. The van der Waals surface area contributed by atoms with Crippen LogP contribution in [-0.4, -0.2) is 6.71 Å². The topological polar surface area (TPSA) is 6.48 Å². The minimum atomic E-state index is 0.00311. The van der Waals surface area contributed by atoms with Crippen molar-refractivity contribution >= 4 is 78.0 Å². The second-order valence-electron chi connectivity index (χ2n) is 21.5. The van der Waals surface area contributed by atoms with Crippen molar-refractivity contribution in [2.45, 2.75) is 118 Å². The van der Waals surface area contributed by atoms with Crippen LogP contribution in [0.5, 0.6) is 0 Å². The lowest BCUT2D eigenvalue weighted by molar-refractivity contribution is 0.332. The third-order valence-electron chi connectivity index (χ3n) is 14.1. The Balaban J connectivity index is 1.34. The minimum Gasteiger partial charge on any atom is -0.311 e. The number of thiophene rings is 1. The average Bonchev–Trinajstić information content (AvgIpc) is 3.56.